The van der Waals surface area contributed by atoms with E-state index in [1.54, 1.807) is 18.3 Å². The van der Waals surface area contributed by atoms with Crippen LogP contribution in [0.2, 0.25) is 0 Å². The monoisotopic (exact) mass is 427 g/mol. The molecule has 0 atom stereocenters. The first kappa shape index (κ1) is 18.7. The van der Waals surface area contributed by atoms with E-state index < -0.39 is 0 Å². The summed E-state index contributed by atoms with van der Waals surface area (Å²) in [5.74, 6) is 0.866. The predicted molar refractivity (Wildman–Crippen MR) is 118 cm³/mol. The Balaban J connectivity index is 1.77. The number of aryl methyl sites for hydroxylation is 1. The Kier molecular flexibility index (Phi) is 3.92. The highest BCUT2D eigenvalue weighted by atomic mass is 19.1. The molecule has 0 saturated heterocycles. The van der Waals surface area contributed by atoms with Gasteiger partial charge in [-0.05, 0) is 48.0 Å². The number of halogens is 2. The van der Waals surface area contributed by atoms with Crippen LogP contribution in [0.3, 0.4) is 0 Å². The Labute approximate surface area is 182 Å². The molecule has 5 aromatic rings. The summed E-state index contributed by atoms with van der Waals surface area (Å²) in [6.45, 7) is 0. The smallest absolute Gasteiger partial charge is 0.228 e. The Morgan fingerprint density at radius 3 is 2.62 bits per heavy atom. The van der Waals surface area contributed by atoms with E-state index in [0.29, 0.717) is 50.4 Å². The maximum Gasteiger partial charge on any atom is 0.228 e. The van der Waals surface area contributed by atoms with Gasteiger partial charge in [0.1, 0.15) is 30.2 Å². The fourth-order valence-electron chi connectivity index (χ4n) is 4.62. The first-order valence-corrected chi connectivity index (χ1v) is 10.1. The minimum atomic E-state index is -0.368. The topological polar surface area (TPSA) is 35.2 Å². The van der Waals surface area contributed by atoms with Crippen LogP contribution in [-0.4, -0.2) is 12.1 Å². The molecular weight excluding hydrogens is 410 g/mol. The second kappa shape index (κ2) is 6.72. The molecule has 0 saturated carbocycles. The lowest BCUT2D eigenvalue weighted by atomic mass is 9.94. The molecule has 0 fully saturated rings. The molecule has 3 aromatic carbocycles. The first-order valence-electron chi connectivity index (χ1n) is 10.1. The number of rotatable bonds is 2. The Morgan fingerprint density at radius 1 is 0.906 bits per heavy atom. The van der Waals surface area contributed by atoms with Gasteiger partial charge in [0, 0.05) is 23.2 Å². The summed E-state index contributed by atoms with van der Waals surface area (Å²) < 4.78 is 43.2. The largest absolute Gasteiger partial charge is 0.481 e. The van der Waals surface area contributed by atoms with Crippen molar-refractivity contribution in [2.45, 2.75) is 0 Å². The highest BCUT2D eigenvalue weighted by Crippen LogP contribution is 2.47. The number of pyridine rings is 2. The Morgan fingerprint density at radius 2 is 1.78 bits per heavy atom. The zero-order valence-electron chi connectivity index (χ0n) is 17.3. The van der Waals surface area contributed by atoms with Crippen LogP contribution in [0.1, 0.15) is 0 Å². The molecule has 0 N–H and O–H groups in total. The molecule has 2 aromatic heterocycles. The van der Waals surface area contributed by atoms with Crippen LogP contribution in [0.5, 0.6) is 17.4 Å². The third-order valence-corrected chi connectivity index (χ3v) is 5.99. The Hall–Kier alpha value is -4.06. The summed E-state index contributed by atoms with van der Waals surface area (Å²) in [5, 5.41) is 1.94. The van der Waals surface area contributed by atoms with Crippen molar-refractivity contribution >= 4 is 21.7 Å². The van der Waals surface area contributed by atoms with E-state index in [9.17, 15) is 4.39 Å². The van der Waals surface area contributed by atoms with Crippen LogP contribution in [0.4, 0.5) is 8.78 Å². The fourth-order valence-corrected chi connectivity index (χ4v) is 4.62. The van der Waals surface area contributed by atoms with Crippen molar-refractivity contribution in [2.75, 3.05) is 7.11 Å². The highest BCUT2D eigenvalue weighted by Gasteiger charge is 2.31. The summed E-state index contributed by atoms with van der Waals surface area (Å²) in [6.07, 6.45) is 1.63. The average molecular weight is 427 g/mol. The van der Waals surface area contributed by atoms with Crippen molar-refractivity contribution in [1.29, 1.82) is 0 Å². The van der Waals surface area contributed by atoms with E-state index in [-0.39, 0.29) is 11.6 Å². The average Bonchev–Trinajstić information content (AvgIpc) is 2.81. The minimum absolute atomic E-state index is 0.361. The lowest BCUT2D eigenvalue weighted by Crippen LogP contribution is -2.33. The molecule has 32 heavy (non-hydrogen) atoms. The number of ether oxygens (including phenoxy) is 2. The Bertz CT molecular complexity index is 1580. The van der Waals surface area contributed by atoms with Crippen LogP contribution in [-0.2, 0) is 7.05 Å². The zero-order valence-corrected chi connectivity index (χ0v) is 17.3. The fraction of sp³-hybridized carbons (Fsp3) is 0.0769. The van der Waals surface area contributed by atoms with Crippen molar-refractivity contribution in [2.24, 2.45) is 7.05 Å². The van der Waals surface area contributed by atoms with Crippen LogP contribution in [0.15, 0.2) is 66.9 Å². The summed E-state index contributed by atoms with van der Waals surface area (Å²) >= 11 is 0. The number of hydrogen-bond acceptors (Lipinski definition) is 3. The van der Waals surface area contributed by atoms with Crippen LogP contribution in [0.25, 0.3) is 44.1 Å². The van der Waals surface area contributed by atoms with Gasteiger partial charge in [0.2, 0.25) is 17.1 Å². The molecule has 6 rings (SSSR count). The van der Waals surface area contributed by atoms with E-state index in [0.717, 1.165) is 11.1 Å². The standard InChI is InChI=1S/C26H17F2N2O2/c1-30-20-12-14(16-6-4-10-29-26(16)31-2)11-19(28)23(20)17-5-3-7-22-24(17)25(30)18-13-15(27)8-9-21(18)32-22/h3-13H,1-2H3/q+1. The molecule has 0 radical (unpaired) electrons. The van der Waals surface area contributed by atoms with Gasteiger partial charge in [-0.3, -0.25) is 0 Å². The SMILES string of the molecule is COc1ncccc1-c1cc(F)c2c3cccc4c3c([n+](C)c2c1)-c1cc(F)ccc1O4. The maximum atomic E-state index is 15.6. The first-order chi connectivity index (χ1) is 15.6. The van der Waals surface area contributed by atoms with E-state index in [1.165, 1.54) is 25.3 Å². The van der Waals surface area contributed by atoms with Crippen molar-refractivity contribution in [3.05, 3.63) is 78.5 Å². The molecule has 0 spiro atoms. The predicted octanol–water partition coefficient (Wildman–Crippen LogP) is 5.94. The number of methoxy groups -OCH3 is 1. The molecule has 0 amide bonds. The number of benzene rings is 3. The van der Waals surface area contributed by atoms with Crippen LogP contribution < -0.4 is 14.0 Å². The molecule has 0 aliphatic carbocycles. The van der Waals surface area contributed by atoms with Crippen molar-refractivity contribution in [1.82, 2.24) is 4.98 Å². The van der Waals surface area contributed by atoms with Crippen LogP contribution in [0, 0.1) is 11.6 Å². The quantitative estimate of drug-likeness (QED) is 0.253. The van der Waals surface area contributed by atoms with E-state index >= 15 is 4.39 Å². The van der Waals surface area contributed by atoms with E-state index in [2.05, 4.69) is 4.98 Å². The van der Waals surface area contributed by atoms with E-state index in [4.69, 9.17) is 9.47 Å². The van der Waals surface area contributed by atoms with Crippen LogP contribution >= 0.6 is 0 Å². The second-order valence-electron chi connectivity index (χ2n) is 7.74. The molecule has 1 aliphatic rings. The third kappa shape index (κ3) is 2.52. The molecule has 3 heterocycles. The van der Waals surface area contributed by atoms with Gasteiger partial charge in [-0.25, -0.2) is 13.8 Å². The normalized spacial score (nSPS) is 12.0. The summed E-state index contributed by atoms with van der Waals surface area (Å²) in [5.41, 5.74) is 3.40. The lowest BCUT2D eigenvalue weighted by molar-refractivity contribution is -0.632. The summed E-state index contributed by atoms with van der Waals surface area (Å²) in [6, 6.07) is 17.0. The molecule has 1 aliphatic heterocycles. The van der Waals surface area contributed by atoms with Gasteiger partial charge >= 0.3 is 0 Å². The lowest BCUT2D eigenvalue weighted by Gasteiger charge is -2.20. The van der Waals surface area contributed by atoms with Crippen molar-refractivity contribution in [3.63, 3.8) is 0 Å². The van der Waals surface area contributed by atoms with Gasteiger partial charge in [0.05, 0.1) is 23.4 Å². The van der Waals surface area contributed by atoms with Gasteiger partial charge in [0.15, 0.2) is 0 Å². The summed E-state index contributed by atoms with van der Waals surface area (Å²) in [7, 11) is 3.39. The van der Waals surface area contributed by atoms with Gasteiger partial charge in [-0.2, -0.15) is 4.57 Å². The zero-order chi connectivity index (χ0) is 22.0. The minimum Gasteiger partial charge on any atom is -0.481 e. The summed E-state index contributed by atoms with van der Waals surface area (Å²) in [4.78, 5) is 4.24. The number of nitrogens with zero attached hydrogens (tertiary/aromatic N) is 2. The molecule has 4 nitrogen and oxygen atoms in total. The number of fused-ring (bicyclic) bond motifs is 4. The highest BCUT2D eigenvalue weighted by molar-refractivity contribution is 6.13. The molecule has 0 bridgehead atoms. The maximum absolute atomic E-state index is 15.6. The van der Waals surface area contributed by atoms with Crippen molar-refractivity contribution in [3.8, 4) is 39.8 Å². The van der Waals surface area contributed by atoms with Gasteiger partial charge in [0.25, 0.3) is 0 Å². The van der Waals surface area contributed by atoms with Gasteiger partial charge in [-0.15, -0.1) is 0 Å². The molecular formula is C26H17F2N2O2+. The molecule has 156 valence electrons. The van der Waals surface area contributed by atoms with E-state index in [1.807, 2.05) is 41.9 Å². The second-order valence-corrected chi connectivity index (χ2v) is 7.74. The number of aromatic nitrogens is 2. The van der Waals surface area contributed by atoms with Crippen molar-refractivity contribution < 1.29 is 22.8 Å². The van der Waals surface area contributed by atoms with Gasteiger partial charge in [-0.1, -0.05) is 12.1 Å². The third-order valence-electron chi connectivity index (χ3n) is 5.99. The molecule has 6 heteroatoms. The molecule has 0 unspecified atom stereocenters. The van der Waals surface area contributed by atoms with Gasteiger partial charge < -0.3 is 9.47 Å². The number of hydrogen-bond donors (Lipinski definition) is 0.